The summed E-state index contributed by atoms with van der Waals surface area (Å²) in [6.45, 7) is 3.99. The molecule has 0 amide bonds. The van der Waals surface area contributed by atoms with Crippen molar-refractivity contribution in [2.24, 2.45) is 5.92 Å². The minimum absolute atomic E-state index is 0.443. The Balaban J connectivity index is 1.52. The van der Waals surface area contributed by atoms with Crippen molar-refractivity contribution in [3.05, 3.63) is 0 Å². The first-order valence-corrected chi connectivity index (χ1v) is 7.82. The zero-order valence-electron chi connectivity index (χ0n) is 11.9. The van der Waals surface area contributed by atoms with Gasteiger partial charge < -0.3 is 10.0 Å². The van der Waals surface area contributed by atoms with Crippen molar-refractivity contribution < 1.29 is 9.90 Å². The van der Waals surface area contributed by atoms with Crippen LogP contribution < -0.4 is 5.32 Å². The van der Waals surface area contributed by atoms with Crippen molar-refractivity contribution in [2.45, 2.75) is 69.5 Å². The Bertz CT molecular complexity index is 348. The molecule has 1 atom stereocenters. The number of carboxylic acid groups (broad SMARTS) is 1. The smallest absolute Gasteiger partial charge is 0.323 e. The van der Waals surface area contributed by atoms with Gasteiger partial charge in [-0.15, -0.1) is 0 Å². The zero-order chi connectivity index (χ0) is 13.5. The lowest BCUT2D eigenvalue weighted by Gasteiger charge is -2.30. The highest BCUT2D eigenvalue weighted by atomic mass is 16.4. The highest BCUT2D eigenvalue weighted by Crippen LogP contribution is 2.35. The first kappa shape index (κ1) is 13.4. The molecule has 0 aromatic rings. The summed E-state index contributed by atoms with van der Waals surface area (Å²) in [5.74, 6) is 0.203. The molecule has 0 aliphatic heterocycles. The van der Waals surface area contributed by atoms with Crippen molar-refractivity contribution in [1.82, 2.24) is 10.2 Å². The molecule has 0 saturated heterocycles. The summed E-state index contributed by atoms with van der Waals surface area (Å²) in [5.41, 5.74) is -0.738. The van der Waals surface area contributed by atoms with Gasteiger partial charge in [0.1, 0.15) is 5.54 Å². The normalized spacial score (nSPS) is 26.4. The van der Waals surface area contributed by atoms with E-state index in [0.29, 0.717) is 6.04 Å². The Morgan fingerprint density at radius 2 is 1.95 bits per heavy atom. The third-order valence-electron chi connectivity index (χ3n) is 4.72. The molecular weight excluding hydrogens is 240 g/mol. The molecule has 1 unspecified atom stereocenters. The summed E-state index contributed by atoms with van der Waals surface area (Å²) in [6.07, 6.45) is 8.37. The molecular formula is C15H26N2O2. The lowest BCUT2D eigenvalue weighted by atomic mass is 9.97. The number of nitrogens with zero attached hydrogens (tertiary/aromatic N) is 1. The average molecular weight is 266 g/mol. The molecule has 4 heteroatoms. The molecule has 19 heavy (non-hydrogen) atoms. The number of hydrogen-bond acceptors (Lipinski definition) is 3. The molecule has 4 nitrogen and oxygen atoms in total. The van der Waals surface area contributed by atoms with Crippen LogP contribution in [-0.2, 0) is 4.79 Å². The largest absolute Gasteiger partial charge is 0.480 e. The third-order valence-corrected chi connectivity index (χ3v) is 4.72. The number of carbonyl (C=O) groups is 1. The predicted octanol–water partition coefficient (Wildman–Crippen LogP) is 1.85. The molecule has 0 aromatic carbocycles. The summed E-state index contributed by atoms with van der Waals surface area (Å²) < 4.78 is 0. The third kappa shape index (κ3) is 3.69. The second-order valence-corrected chi connectivity index (χ2v) is 6.98. The van der Waals surface area contributed by atoms with Gasteiger partial charge in [-0.3, -0.25) is 10.1 Å². The van der Waals surface area contributed by atoms with Gasteiger partial charge in [0.25, 0.3) is 0 Å². The van der Waals surface area contributed by atoms with Gasteiger partial charge >= 0.3 is 5.97 Å². The summed E-state index contributed by atoms with van der Waals surface area (Å²) in [6, 6.07) is 1.19. The van der Waals surface area contributed by atoms with E-state index in [0.717, 1.165) is 37.8 Å². The van der Waals surface area contributed by atoms with Crippen molar-refractivity contribution in [3.8, 4) is 0 Å². The number of aliphatic carboxylic acids is 1. The van der Waals surface area contributed by atoms with Crippen LogP contribution in [0.2, 0.25) is 0 Å². The topological polar surface area (TPSA) is 52.6 Å². The highest BCUT2D eigenvalue weighted by molar-refractivity contribution is 5.78. The molecule has 3 aliphatic carbocycles. The lowest BCUT2D eigenvalue weighted by Crippen LogP contribution is -2.52. The van der Waals surface area contributed by atoms with Crippen molar-refractivity contribution >= 4 is 5.97 Å². The van der Waals surface area contributed by atoms with Gasteiger partial charge in [-0.2, -0.15) is 0 Å². The molecule has 3 aliphatic rings. The Kier molecular flexibility index (Phi) is 3.56. The Morgan fingerprint density at radius 3 is 2.42 bits per heavy atom. The van der Waals surface area contributed by atoms with E-state index in [2.05, 4.69) is 10.2 Å². The molecule has 3 fully saturated rings. The number of nitrogens with one attached hydrogen (secondary N) is 1. The molecule has 0 aromatic heterocycles. The van der Waals surface area contributed by atoms with Crippen LogP contribution in [0.1, 0.15) is 51.9 Å². The summed E-state index contributed by atoms with van der Waals surface area (Å²) in [5, 5.41) is 12.8. The molecule has 0 heterocycles. The van der Waals surface area contributed by atoms with Crippen LogP contribution in [0.4, 0.5) is 0 Å². The fraction of sp³-hybridized carbons (Fsp3) is 0.933. The number of carboxylic acids is 1. The van der Waals surface area contributed by atoms with E-state index in [4.69, 9.17) is 0 Å². The van der Waals surface area contributed by atoms with Crippen LogP contribution in [0.15, 0.2) is 0 Å². The minimum Gasteiger partial charge on any atom is -0.480 e. The SMILES string of the molecule is CC(CCN(CC1CC1)C1CC1)(NC1CC1)C(=O)O. The van der Waals surface area contributed by atoms with E-state index >= 15 is 0 Å². The molecule has 108 valence electrons. The van der Waals surface area contributed by atoms with E-state index in [1.165, 1.54) is 32.2 Å². The van der Waals surface area contributed by atoms with Crippen LogP contribution in [0.25, 0.3) is 0 Å². The van der Waals surface area contributed by atoms with Gasteiger partial charge in [0.15, 0.2) is 0 Å². The van der Waals surface area contributed by atoms with Crippen molar-refractivity contribution in [1.29, 1.82) is 0 Å². The fourth-order valence-corrected chi connectivity index (χ4v) is 2.78. The number of rotatable bonds is 9. The standard InChI is InChI=1S/C15H26N2O2/c1-15(14(18)19,16-12-4-5-12)8-9-17(13-6-7-13)10-11-2-3-11/h11-13,16H,2-10H2,1H3,(H,18,19). The quantitative estimate of drug-likeness (QED) is 0.669. The summed E-state index contributed by atoms with van der Waals surface area (Å²) in [7, 11) is 0. The second-order valence-electron chi connectivity index (χ2n) is 6.98. The molecule has 0 radical (unpaired) electrons. The van der Waals surface area contributed by atoms with Crippen LogP contribution >= 0.6 is 0 Å². The highest BCUT2D eigenvalue weighted by Gasteiger charge is 2.40. The van der Waals surface area contributed by atoms with Crippen LogP contribution in [0, 0.1) is 5.92 Å². The van der Waals surface area contributed by atoms with Crippen LogP contribution in [0.3, 0.4) is 0 Å². The van der Waals surface area contributed by atoms with Gasteiger partial charge in [0.05, 0.1) is 0 Å². The van der Waals surface area contributed by atoms with E-state index in [9.17, 15) is 9.90 Å². The number of hydrogen-bond donors (Lipinski definition) is 2. The van der Waals surface area contributed by atoms with Crippen LogP contribution in [0.5, 0.6) is 0 Å². The van der Waals surface area contributed by atoms with Crippen LogP contribution in [-0.4, -0.2) is 46.7 Å². The van der Waals surface area contributed by atoms with Crippen molar-refractivity contribution in [2.75, 3.05) is 13.1 Å². The van der Waals surface area contributed by atoms with E-state index in [1.807, 2.05) is 6.92 Å². The molecule has 0 spiro atoms. The Hall–Kier alpha value is -0.610. The zero-order valence-corrected chi connectivity index (χ0v) is 11.9. The first-order valence-electron chi connectivity index (χ1n) is 7.82. The van der Waals surface area contributed by atoms with Gasteiger partial charge in [-0.1, -0.05) is 0 Å². The Labute approximate surface area is 115 Å². The maximum atomic E-state index is 11.5. The predicted molar refractivity (Wildman–Crippen MR) is 74.1 cm³/mol. The fourth-order valence-electron chi connectivity index (χ4n) is 2.78. The van der Waals surface area contributed by atoms with Gasteiger partial charge in [0, 0.05) is 25.2 Å². The molecule has 0 bridgehead atoms. The van der Waals surface area contributed by atoms with E-state index in [1.54, 1.807) is 0 Å². The first-order chi connectivity index (χ1) is 9.07. The maximum Gasteiger partial charge on any atom is 0.323 e. The minimum atomic E-state index is -0.738. The summed E-state index contributed by atoms with van der Waals surface area (Å²) >= 11 is 0. The molecule has 3 rings (SSSR count). The second kappa shape index (κ2) is 5.06. The summed E-state index contributed by atoms with van der Waals surface area (Å²) in [4.78, 5) is 14.1. The lowest BCUT2D eigenvalue weighted by molar-refractivity contribution is -0.144. The van der Waals surface area contributed by atoms with Crippen molar-refractivity contribution in [3.63, 3.8) is 0 Å². The van der Waals surface area contributed by atoms with Gasteiger partial charge in [-0.25, -0.2) is 0 Å². The molecule has 3 saturated carbocycles. The maximum absolute atomic E-state index is 11.5. The van der Waals surface area contributed by atoms with Gasteiger partial charge in [0.2, 0.25) is 0 Å². The van der Waals surface area contributed by atoms with Gasteiger partial charge in [-0.05, 0) is 57.8 Å². The molecule has 2 N–H and O–H groups in total. The van der Waals surface area contributed by atoms with E-state index < -0.39 is 11.5 Å². The Morgan fingerprint density at radius 1 is 1.26 bits per heavy atom. The average Bonchev–Trinajstić information content (AvgIpc) is 3.21. The van der Waals surface area contributed by atoms with E-state index in [-0.39, 0.29) is 0 Å². The monoisotopic (exact) mass is 266 g/mol.